The number of aromatic nitrogens is 2. The van der Waals surface area contributed by atoms with Gasteiger partial charge in [0.2, 0.25) is 5.91 Å². The molecule has 168 valence electrons. The van der Waals surface area contributed by atoms with Gasteiger partial charge in [0.25, 0.3) is 5.91 Å². The van der Waals surface area contributed by atoms with E-state index in [9.17, 15) is 22.8 Å². The largest absolute Gasteiger partial charge is 0.418 e. The molecule has 0 spiro atoms. The summed E-state index contributed by atoms with van der Waals surface area (Å²) in [5.74, 6) is -0.667. The summed E-state index contributed by atoms with van der Waals surface area (Å²) in [7, 11) is 0. The van der Waals surface area contributed by atoms with Gasteiger partial charge in [0, 0.05) is 30.1 Å². The highest BCUT2D eigenvalue weighted by atomic mass is 79.9. The third-order valence-corrected chi connectivity index (χ3v) is 6.53. The number of imidazole rings is 1. The maximum Gasteiger partial charge on any atom is 0.418 e. The molecule has 2 heterocycles. The Bertz CT molecular complexity index is 1010. The number of carbonyl (C=O) groups is 2. The lowest BCUT2D eigenvalue weighted by Crippen LogP contribution is -2.55. The Hall–Kier alpha value is -2.10. The standard InChI is InChI=1S/C21H24BrF3N4O2/c1-2-7-29-16-11-13(22)10-15(21(23,24)25)18(16)26-19(29)20(31)27-8-9-28(17(30)12-27)14-5-3-4-6-14/h10-11,14H,2-9,12H2,1H3. The van der Waals surface area contributed by atoms with E-state index in [1.165, 1.54) is 9.47 Å². The minimum atomic E-state index is -4.60. The number of halogens is 4. The van der Waals surface area contributed by atoms with E-state index in [2.05, 4.69) is 20.9 Å². The molecule has 1 saturated heterocycles. The highest BCUT2D eigenvalue weighted by Gasteiger charge is 2.37. The Kier molecular flexibility index (Phi) is 6.02. The van der Waals surface area contributed by atoms with Crippen molar-refractivity contribution in [3.05, 3.63) is 28.0 Å². The van der Waals surface area contributed by atoms with Gasteiger partial charge in [-0.2, -0.15) is 13.2 Å². The molecule has 0 radical (unpaired) electrons. The van der Waals surface area contributed by atoms with E-state index in [1.54, 1.807) is 6.07 Å². The zero-order chi connectivity index (χ0) is 22.3. The smallest absolute Gasteiger partial charge is 0.336 e. The second kappa shape index (κ2) is 8.44. The van der Waals surface area contributed by atoms with E-state index in [1.807, 2.05) is 11.8 Å². The summed E-state index contributed by atoms with van der Waals surface area (Å²) >= 11 is 3.14. The van der Waals surface area contributed by atoms with Crippen molar-refractivity contribution in [1.29, 1.82) is 0 Å². The van der Waals surface area contributed by atoms with Crippen molar-refractivity contribution in [1.82, 2.24) is 19.4 Å². The van der Waals surface area contributed by atoms with Crippen LogP contribution in [0.5, 0.6) is 0 Å². The number of nitrogens with zero attached hydrogens (tertiary/aromatic N) is 4. The second-order valence-electron chi connectivity index (χ2n) is 8.16. The molecule has 0 unspecified atom stereocenters. The summed E-state index contributed by atoms with van der Waals surface area (Å²) in [4.78, 5) is 33.4. The normalized spacial score (nSPS) is 18.4. The zero-order valence-electron chi connectivity index (χ0n) is 17.2. The predicted octanol–water partition coefficient (Wildman–Crippen LogP) is 4.45. The molecule has 1 saturated carbocycles. The fraction of sp³-hybridized carbons (Fsp3) is 0.571. The number of fused-ring (bicyclic) bond motifs is 1. The summed E-state index contributed by atoms with van der Waals surface area (Å²) < 4.78 is 42.6. The average Bonchev–Trinajstić information content (AvgIpc) is 3.35. The molecule has 6 nitrogen and oxygen atoms in total. The summed E-state index contributed by atoms with van der Waals surface area (Å²) in [5, 5.41) is 0. The number of alkyl halides is 3. The van der Waals surface area contributed by atoms with Crippen LogP contribution in [0.25, 0.3) is 11.0 Å². The van der Waals surface area contributed by atoms with Crippen molar-refractivity contribution >= 4 is 38.8 Å². The van der Waals surface area contributed by atoms with Crippen LogP contribution in [0.4, 0.5) is 13.2 Å². The number of piperazine rings is 1. The Morgan fingerprint density at radius 1 is 1.23 bits per heavy atom. The first-order valence-electron chi connectivity index (χ1n) is 10.6. The van der Waals surface area contributed by atoms with Crippen LogP contribution in [0.2, 0.25) is 0 Å². The van der Waals surface area contributed by atoms with Gasteiger partial charge in [0.05, 0.1) is 11.1 Å². The van der Waals surface area contributed by atoms with Crippen LogP contribution in [0.1, 0.15) is 55.2 Å². The van der Waals surface area contributed by atoms with Gasteiger partial charge in [0.1, 0.15) is 12.1 Å². The molecular weight excluding hydrogens is 477 g/mol. The van der Waals surface area contributed by atoms with Gasteiger partial charge in [-0.15, -0.1) is 0 Å². The van der Waals surface area contributed by atoms with E-state index >= 15 is 0 Å². The highest BCUT2D eigenvalue weighted by molar-refractivity contribution is 9.10. The van der Waals surface area contributed by atoms with Gasteiger partial charge in [0.15, 0.2) is 5.82 Å². The molecule has 1 aliphatic carbocycles. The van der Waals surface area contributed by atoms with E-state index in [0.29, 0.717) is 26.1 Å². The lowest BCUT2D eigenvalue weighted by atomic mass is 10.1. The molecule has 31 heavy (non-hydrogen) atoms. The van der Waals surface area contributed by atoms with Crippen LogP contribution >= 0.6 is 15.9 Å². The molecule has 0 bridgehead atoms. The van der Waals surface area contributed by atoms with Crippen LogP contribution in [0.15, 0.2) is 16.6 Å². The van der Waals surface area contributed by atoms with E-state index in [-0.39, 0.29) is 39.8 Å². The number of carbonyl (C=O) groups excluding carboxylic acids is 2. The Morgan fingerprint density at radius 3 is 2.55 bits per heavy atom. The second-order valence-corrected chi connectivity index (χ2v) is 9.07. The van der Waals surface area contributed by atoms with Gasteiger partial charge in [-0.25, -0.2) is 4.98 Å². The van der Waals surface area contributed by atoms with Crippen LogP contribution in [0.3, 0.4) is 0 Å². The third-order valence-electron chi connectivity index (χ3n) is 6.07. The highest BCUT2D eigenvalue weighted by Crippen LogP contribution is 2.37. The summed E-state index contributed by atoms with van der Waals surface area (Å²) in [5.41, 5.74) is -0.880. The number of rotatable bonds is 4. The van der Waals surface area contributed by atoms with E-state index in [0.717, 1.165) is 31.7 Å². The first kappa shape index (κ1) is 22.1. The maximum absolute atomic E-state index is 13.6. The molecular formula is C21H24BrF3N4O2. The van der Waals surface area contributed by atoms with Crippen LogP contribution in [-0.2, 0) is 17.5 Å². The first-order chi connectivity index (χ1) is 14.7. The molecule has 2 aromatic rings. The Morgan fingerprint density at radius 2 is 1.94 bits per heavy atom. The van der Waals surface area contributed by atoms with Crippen LogP contribution in [-0.4, -0.2) is 56.8 Å². The van der Waals surface area contributed by atoms with E-state index in [4.69, 9.17) is 0 Å². The van der Waals surface area contributed by atoms with Crippen molar-refractivity contribution in [2.24, 2.45) is 0 Å². The van der Waals surface area contributed by atoms with Crippen LogP contribution in [0, 0.1) is 0 Å². The van der Waals surface area contributed by atoms with Gasteiger partial charge in [-0.05, 0) is 31.4 Å². The predicted molar refractivity (Wildman–Crippen MR) is 113 cm³/mol. The number of amides is 2. The fourth-order valence-electron chi connectivity index (χ4n) is 4.62. The first-order valence-corrected chi connectivity index (χ1v) is 11.4. The molecule has 4 rings (SSSR count). The monoisotopic (exact) mass is 500 g/mol. The maximum atomic E-state index is 13.6. The number of benzene rings is 1. The summed E-state index contributed by atoms with van der Waals surface area (Å²) in [6.07, 6.45) is 0.206. The molecule has 1 aliphatic heterocycles. The molecule has 0 N–H and O–H groups in total. The molecule has 10 heteroatoms. The minimum Gasteiger partial charge on any atom is -0.336 e. The minimum absolute atomic E-state index is 0.0532. The lowest BCUT2D eigenvalue weighted by Gasteiger charge is -2.37. The van der Waals surface area contributed by atoms with Gasteiger partial charge in [-0.3, -0.25) is 9.59 Å². The molecule has 1 aromatic heterocycles. The van der Waals surface area contributed by atoms with E-state index < -0.39 is 17.6 Å². The van der Waals surface area contributed by atoms with Crippen molar-refractivity contribution in [2.45, 2.75) is 57.8 Å². The van der Waals surface area contributed by atoms with Crippen LogP contribution < -0.4 is 0 Å². The topological polar surface area (TPSA) is 58.4 Å². The average molecular weight is 501 g/mol. The van der Waals surface area contributed by atoms with Crippen molar-refractivity contribution < 1.29 is 22.8 Å². The SMILES string of the molecule is CCCn1c(C(=O)N2CCN(C3CCCC3)C(=O)C2)nc2c(C(F)(F)F)cc(Br)cc21. The quantitative estimate of drug-likeness (QED) is 0.622. The van der Waals surface area contributed by atoms with Crippen molar-refractivity contribution in [3.63, 3.8) is 0 Å². The third kappa shape index (κ3) is 4.18. The lowest BCUT2D eigenvalue weighted by molar-refractivity contribution is -0.137. The molecule has 2 amide bonds. The summed E-state index contributed by atoms with van der Waals surface area (Å²) in [6, 6.07) is 2.76. The Labute approximate surface area is 186 Å². The summed E-state index contributed by atoms with van der Waals surface area (Å²) in [6.45, 7) is 2.96. The van der Waals surface area contributed by atoms with Gasteiger partial charge < -0.3 is 14.4 Å². The zero-order valence-corrected chi connectivity index (χ0v) is 18.8. The van der Waals surface area contributed by atoms with Crippen molar-refractivity contribution in [2.75, 3.05) is 19.6 Å². The fourth-order valence-corrected chi connectivity index (χ4v) is 5.07. The molecule has 2 aliphatic rings. The molecule has 2 fully saturated rings. The number of hydrogen-bond acceptors (Lipinski definition) is 3. The number of aryl methyl sites for hydroxylation is 1. The number of hydrogen-bond donors (Lipinski definition) is 0. The molecule has 1 aromatic carbocycles. The molecule has 0 atom stereocenters. The Balaban J connectivity index is 1.68. The van der Waals surface area contributed by atoms with Crippen molar-refractivity contribution in [3.8, 4) is 0 Å². The van der Waals surface area contributed by atoms with Gasteiger partial charge >= 0.3 is 6.18 Å². The van der Waals surface area contributed by atoms with Gasteiger partial charge in [-0.1, -0.05) is 35.7 Å².